The molecule has 2 aromatic carbocycles. The zero-order valence-electron chi connectivity index (χ0n) is 14.6. The minimum absolute atomic E-state index is 0.114. The lowest BCUT2D eigenvalue weighted by Gasteiger charge is -2.04. The van der Waals surface area contributed by atoms with Gasteiger partial charge in [-0.05, 0) is 37.3 Å². The Morgan fingerprint density at radius 1 is 1.22 bits per heavy atom. The molecule has 0 aliphatic rings. The lowest BCUT2D eigenvalue weighted by Crippen LogP contribution is -2.25. The zero-order chi connectivity index (χ0) is 18.8. The van der Waals surface area contributed by atoms with E-state index in [-0.39, 0.29) is 5.91 Å². The first kappa shape index (κ1) is 17.7. The molecule has 136 valence electrons. The topological polar surface area (TPSA) is 59.3 Å². The fourth-order valence-corrected chi connectivity index (χ4v) is 3.79. The van der Waals surface area contributed by atoms with Gasteiger partial charge in [0, 0.05) is 34.5 Å². The van der Waals surface area contributed by atoms with Gasteiger partial charge in [-0.3, -0.25) is 4.79 Å². The molecule has 27 heavy (non-hydrogen) atoms. The maximum atomic E-state index is 12.2. The molecule has 2 aromatic heterocycles. The van der Waals surface area contributed by atoms with Gasteiger partial charge in [-0.1, -0.05) is 35.4 Å². The number of benzene rings is 2. The summed E-state index contributed by atoms with van der Waals surface area (Å²) in [6, 6.07) is 15.0. The number of carbonyl (C=O) groups excluding carboxylic acids is 1. The van der Waals surface area contributed by atoms with Crippen LogP contribution in [0.25, 0.3) is 16.3 Å². The summed E-state index contributed by atoms with van der Waals surface area (Å²) in [4.78, 5) is 17.6. The Labute approximate surface area is 165 Å². The van der Waals surface area contributed by atoms with E-state index in [0.717, 1.165) is 22.0 Å². The molecule has 7 heteroatoms. The first-order chi connectivity index (χ1) is 13.1. The second-order valence-corrected chi connectivity index (χ2v) is 7.51. The Kier molecular flexibility index (Phi) is 4.92. The molecule has 0 bridgehead atoms. The minimum Gasteiger partial charge on any atom is -0.352 e. The number of nitrogens with zero attached hydrogens (tertiary/aromatic N) is 3. The van der Waals surface area contributed by atoms with Crippen LogP contribution in [-0.4, -0.2) is 27.0 Å². The van der Waals surface area contributed by atoms with Gasteiger partial charge in [0.05, 0.1) is 5.69 Å². The summed E-state index contributed by atoms with van der Waals surface area (Å²) in [5.74, 6) is 0.606. The van der Waals surface area contributed by atoms with Gasteiger partial charge in [-0.25, -0.2) is 4.52 Å². The summed E-state index contributed by atoms with van der Waals surface area (Å²) in [6.45, 7) is 2.57. The van der Waals surface area contributed by atoms with Crippen LogP contribution in [0.1, 0.15) is 21.6 Å². The average Bonchev–Trinajstić information content (AvgIpc) is 3.24. The largest absolute Gasteiger partial charge is 0.352 e. The van der Waals surface area contributed by atoms with E-state index in [0.29, 0.717) is 23.6 Å². The number of hydrogen-bond acceptors (Lipinski definition) is 4. The van der Waals surface area contributed by atoms with Crippen molar-refractivity contribution >= 4 is 33.8 Å². The van der Waals surface area contributed by atoms with Crippen LogP contribution in [0.2, 0.25) is 5.02 Å². The minimum atomic E-state index is -0.114. The molecule has 0 aliphatic heterocycles. The number of aromatic nitrogens is 3. The first-order valence-corrected chi connectivity index (χ1v) is 9.80. The number of aryl methyl sites for hydroxylation is 1. The Hall–Kier alpha value is -2.70. The van der Waals surface area contributed by atoms with Gasteiger partial charge in [0.15, 0.2) is 5.82 Å². The third-order valence-electron chi connectivity index (χ3n) is 4.20. The first-order valence-electron chi connectivity index (χ1n) is 8.54. The summed E-state index contributed by atoms with van der Waals surface area (Å²) in [5, 5.41) is 10.2. The highest BCUT2D eigenvalue weighted by molar-refractivity contribution is 7.15. The molecular formula is C20H17ClN4OS. The Morgan fingerprint density at radius 2 is 2.04 bits per heavy atom. The summed E-state index contributed by atoms with van der Waals surface area (Å²) >= 11 is 7.40. The van der Waals surface area contributed by atoms with Gasteiger partial charge in [-0.15, -0.1) is 16.4 Å². The standard InChI is InChI=1S/C20H17ClN4OS/c1-13-3-2-4-15(11-13)18-23-20-25(24-18)17(12-27-20)9-10-22-19(26)14-5-7-16(21)8-6-14/h2-8,11-12H,9-10H2,1H3,(H,22,26). The maximum Gasteiger partial charge on any atom is 0.251 e. The smallest absolute Gasteiger partial charge is 0.251 e. The molecule has 5 nitrogen and oxygen atoms in total. The van der Waals surface area contributed by atoms with Crippen LogP contribution in [0.5, 0.6) is 0 Å². The molecule has 0 saturated carbocycles. The van der Waals surface area contributed by atoms with Crippen LogP contribution >= 0.6 is 22.9 Å². The molecule has 1 N–H and O–H groups in total. The molecule has 4 aromatic rings. The van der Waals surface area contributed by atoms with Crippen LogP contribution in [0.3, 0.4) is 0 Å². The third-order valence-corrected chi connectivity index (χ3v) is 5.32. The van der Waals surface area contributed by atoms with Crippen molar-refractivity contribution in [2.75, 3.05) is 6.54 Å². The van der Waals surface area contributed by atoms with Crippen molar-refractivity contribution < 1.29 is 4.79 Å². The highest BCUT2D eigenvalue weighted by Gasteiger charge is 2.12. The van der Waals surface area contributed by atoms with Gasteiger partial charge in [0.2, 0.25) is 4.96 Å². The van der Waals surface area contributed by atoms with Crippen molar-refractivity contribution in [3.63, 3.8) is 0 Å². The normalized spacial score (nSPS) is 11.0. The molecule has 0 radical (unpaired) electrons. The summed E-state index contributed by atoms with van der Waals surface area (Å²) < 4.78 is 1.86. The number of rotatable bonds is 5. The maximum absolute atomic E-state index is 12.2. The van der Waals surface area contributed by atoms with Crippen LogP contribution in [0, 0.1) is 6.92 Å². The molecule has 1 amide bonds. The molecular weight excluding hydrogens is 380 g/mol. The number of fused-ring (bicyclic) bond motifs is 1. The van der Waals surface area contributed by atoms with Gasteiger partial charge in [0.1, 0.15) is 0 Å². The quantitative estimate of drug-likeness (QED) is 0.544. The van der Waals surface area contributed by atoms with Crippen molar-refractivity contribution in [2.24, 2.45) is 0 Å². The Morgan fingerprint density at radius 3 is 2.81 bits per heavy atom. The fraction of sp³-hybridized carbons (Fsp3) is 0.150. The SMILES string of the molecule is Cc1cccc(-c2nc3scc(CCNC(=O)c4ccc(Cl)cc4)n3n2)c1. The van der Waals surface area contributed by atoms with Crippen molar-refractivity contribution in [3.8, 4) is 11.4 Å². The van der Waals surface area contributed by atoms with E-state index in [1.165, 1.54) is 5.56 Å². The number of nitrogens with one attached hydrogen (secondary N) is 1. The van der Waals surface area contributed by atoms with Crippen LogP contribution in [-0.2, 0) is 6.42 Å². The van der Waals surface area contributed by atoms with Crippen molar-refractivity contribution in [1.29, 1.82) is 0 Å². The number of hydrogen-bond donors (Lipinski definition) is 1. The molecule has 0 atom stereocenters. The van der Waals surface area contributed by atoms with Gasteiger partial charge < -0.3 is 5.32 Å². The lowest BCUT2D eigenvalue weighted by atomic mass is 10.1. The number of halogens is 1. The number of carbonyl (C=O) groups is 1. The van der Waals surface area contributed by atoms with Gasteiger partial charge in [-0.2, -0.15) is 4.98 Å². The molecule has 0 aliphatic carbocycles. The average molecular weight is 397 g/mol. The Bertz CT molecular complexity index is 1100. The fourth-order valence-electron chi connectivity index (χ4n) is 2.81. The van der Waals surface area contributed by atoms with Crippen molar-refractivity contribution in [2.45, 2.75) is 13.3 Å². The van der Waals surface area contributed by atoms with E-state index in [1.807, 2.05) is 22.0 Å². The van der Waals surface area contributed by atoms with Gasteiger partial charge in [0.25, 0.3) is 5.91 Å². The van der Waals surface area contributed by atoms with E-state index < -0.39 is 0 Å². The summed E-state index contributed by atoms with van der Waals surface area (Å²) in [6.07, 6.45) is 0.677. The predicted octanol–water partition coefficient (Wildman–Crippen LogP) is 4.39. The van der Waals surface area contributed by atoms with Crippen LogP contribution < -0.4 is 5.32 Å². The summed E-state index contributed by atoms with van der Waals surface area (Å²) in [7, 11) is 0. The highest BCUT2D eigenvalue weighted by Crippen LogP contribution is 2.21. The van der Waals surface area contributed by atoms with Crippen molar-refractivity contribution in [3.05, 3.63) is 75.8 Å². The van der Waals surface area contributed by atoms with Gasteiger partial charge >= 0.3 is 0 Å². The number of thiazole rings is 1. The molecule has 0 unspecified atom stereocenters. The lowest BCUT2D eigenvalue weighted by molar-refractivity contribution is 0.0954. The predicted molar refractivity (Wildman–Crippen MR) is 109 cm³/mol. The zero-order valence-corrected chi connectivity index (χ0v) is 16.2. The second-order valence-electron chi connectivity index (χ2n) is 6.24. The monoisotopic (exact) mass is 396 g/mol. The van der Waals surface area contributed by atoms with Crippen LogP contribution in [0.15, 0.2) is 53.9 Å². The van der Waals surface area contributed by atoms with E-state index >= 15 is 0 Å². The second kappa shape index (κ2) is 7.50. The van der Waals surface area contributed by atoms with Crippen molar-refractivity contribution in [1.82, 2.24) is 19.9 Å². The molecule has 0 spiro atoms. The number of amides is 1. The molecule has 2 heterocycles. The molecule has 4 rings (SSSR count). The third kappa shape index (κ3) is 3.86. The van der Waals surface area contributed by atoms with E-state index in [9.17, 15) is 4.79 Å². The molecule has 0 saturated heterocycles. The Balaban J connectivity index is 1.45. The summed E-state index contributed by atoms with van der Waals surface area (Å²) in [5.41, 5.74) is 3.80. The van der Waals surface area contributed by atoms with E-state index in [4.69, 9.17) is 11.6 Å². The van der Waals surface area contributed by atoms with E-state index in [2.05, 4.69) is 34.5 Å². The van der Waals surface area contributed by atoms with Crippen LogP contribution in [0.4, 0.5) is 0 Å². The highest BCUT2D eigenvalue weighted by atomic mass is 35.5. The van der Waals surface area contributed by atoms with E-state index in [1.54, 1.807) is 35.6 Å². The molecule has 0 fully saturated rings.